The Balaban J connectivity index is 1.42. The standard InChI is InChI=1S/C21H22N4O4S2/c26-19-9-8-18(23-24-19)15-5-4-6-16(13-15)22-20(27)14-17-7-10-21(30-17)31(28,29)25-11-2-1-3-12-25/h4-10,13H,1-3,11-12,14H2,(H,22,27)(H,24,26). The minimum absolute atomic E-state index is 0.0846. The molecule has 0 bridgehead atoms. The summed E-state index contributed by atoms with van der Waals surface area (Å²) in [6.07, 6.45) is 2.91. The summed E-state index contributed by atoms with van der Waals surface area (Å²) in [6.45, 7) is 1.10. The van der Waals surface area contributed by atoms with Crippen LogP contribution in [0.25, 0.3) is 11.3 Å². The normalized spacial score (nSPS) is 15.0. The summed E-state index contributed by atoms with van der Waals surface area (Å²) >= 11 is 1.14. The van der Waals surface area contributed by atoms with Gasteiger partial charge in [-0.15, -0.1) is 11.3 Å². The molecule has 0 radical (unpaired) electrons. The number of aromatic amines is 1. The molecule has 1 amide bonds. The van der Waals surface area contributed by atoms with Crippen LogP contribution in [0.2, 0.25) is 0 Å². The van der Waals surface area contributed by atoms with E-state index in [1.807, 2.05) is 6.07 Å². The van der Waals surface area contributed by atoms with Crippen molar-refractivity contribution in [3.8, 4) is 11.3 Å². The zero-order chi connectivity index (χ0) is 21.8. The molecular weight excluding hydrogens is 436 g/mol. The van der Waals surface area contributed by atoms with E-state index in [1.54, 1.807) is 36.4 Å². The minimum atomic E-state index is -3.49. The lowest BCUT2D eigenvalue weighted by Crippen LogP contribution is -2.35. The van der Waals surface area contributed by atoms with Crippen molar-refractivity contribution in [2.45, 2.75) is 29.9 Å². The number of amides is 1. The smallest absolute Gasteiger partial charge is 0.264 e. The zero-order valence-electron chi connectivity index (χ0n) is 16.7. The van der Waals surface area contributed by atoms with Crippen LogP contribution in [-0.2, 0) is 21.2 Å². The lowest BCUT2D eigenvalue weighted by atomic mass is 10.1. The molecule has 2 N–H and O–H groups in total. The molecule has 1 aromatic carbocycles. The second-order valence-electron chi connectivity index (χ2n) is 7.30. The van der Waals surface area contributed by atoms with Gasteiger partial charge in [-0.3, -0.25) is 9.59 Å². The molecule has 3 heterocycles. The number of thiophene rings is 1. The van der Waals surface area contributed by atoms with E-state index in [0.717, 1.165) is 36.2 Å². The highest BCUT2D eigenvalue weighted by molar-refractivity contribution is 7.91. The van der Waals surface area contributed by atoms with E-state index in [-0.39, 0.29) is 22.1 Å². The second kappa shape index (κ2) is 9.13. The van der Waals surface area contributed by atoms with Gasteiger partial charge in [0.2, 0.25) is 5.91 Å². The van der Waals surface area contributed by atoms with Gasteiger partial charge in [-0.25, -0.2) is 13.5 Å². The molecule has 10 heteroatoms. The van der Waals surface area contributed by atoms with Gasteiger partial charge < -0.3 is 5.32 Å². The Morgan fingerprint density at radius 1 is 1.10 bits per heavy atom. The van der Waals surface area contributed by atoms with Crippen LogP contribution < -0.4 is 10.9 Å². The van der Waals surface area contributed by atoms with E-state index in [0.29, 0.717) is 29.3 Å². The van der Waals surface area contributed by atoms with E-state index < -0.39 is 10.0 Å². The molecule has 0 spiro atoms. The van der Waals surface area contributed by atoms with Crippen LogP contribution in [0.5, 0.6) is 0 Å². The average molecular weight is 459 g/mol. The van der Waals surface area contributed by atoms with Crippen molar-refractivity contribution in [1.29, 1.82) is 0 Å². The van der Waals surface area contributed by atoms with Crippen molar-refractivity contribution in [3.63, 3.8) is 0 Å². The number of carbonyl (C=O) groups is 1. The Kier molecular flexibility index (Phi) is 6.30. The van der Waals surface area contributed by atoms with Crippen LogP contribution in [0.15, 0.2) is 57.5 Å². The van der Waals surface area contributed by atoms with Gasteiger partial charge in [-0.1, -0.05) is 18.6 Å². The maximum atomic E-state index is 12.8. The monoisotopic (exact) mass is 458 g/mol. The van der Waals surface area contributed by atoms with Crippen molar-refractivity contribution in [1.82, 2.24) is 14.5 Å². The molecule has 0 atom stereocenters. The SMILES string of the molecule is O=C(Cc1ccc(S(=O)(=O)N2CCCCC2)s1)Nc1cccc(-c2ccc(=O)[nH]n2)c1. The van der Waals surface area contributed by atoms with E-state index in [1.165, 1.54) is 10.4 Å². The maximum absolute atomic E-state index is 12.8. The summed E-state index contributed by atoms with van der Waals surface area (Å²) in [5.74, 6) is -0.240. The van der Waals surface area contributed by atoms with Crippen LogP contribution in [0.4, 0.5) is 5.69 Å². The van der Waals surface area contributed by atoms with Gasteiger partial charge in [0.25, 0.3) is 15.6 Å². The van der Waals surface area contributed by atoms with Gasteiger partial charge in [-0.2, -0.15) is 9.40 Å². The highest BCUT2D eigenvalue weighted by Gasteiger charge is 2.27. The van der Waals surface area contributed by atoms with Crippen LogP contribution in [0.1, 0.15) is 24.1 Å². The predicted molar refractivity (Wildman–Crippen MR) is 120 cm³/mol. The summed E-state index contributed by atoms with van der Waals surface area (Å²) in [6, 6.07) is 13.4. The van der Waals surface area contributed by atoms with Crippen molar-refractivity contribution < 1.29 is 13.2 Å². The third-order valence-corrected chi connectivity index (χ3v) is 8.45. The Hall–Kier alpha value is -2.82. The topological polar surface area (TPSA) is 112 Å². The first-order chi connectivity index (χ1) is 14.9. The number of carbonyl (C=O) groups excluding carboxylic acids is 1. The van der Waals surface area contributed by atoms with Crippen molar-refractivity contribution in [3.05, 3.63) is 63.8 Å². The van der Waals surface area contributed by atoms with Gasteiger partial charge in [-0.05, 0) is 43.2 Å². The fourth-order valence-electron chi connectivity index (χ4n) is 3.45. The molecule has 1 aliphatic heterocycles. The number of sulfonamides is 1. The number of nitrogens with one attached hydrogen (secondary N) is 2. The highest BCUT2D eigenvalue weighted by atomic mass is 32.2. The Labute approximate surface area is 184 Å². The molecule has 2 aromatic heterocycles. The first-order valence-electron chi connectivity index (χ1n) is 9.97. The van der Waals surface area contributed by atoms with Crippen molar-refractivity contribution in [2.24, 2.45) is 0 Å². The summed E-state index contributed by atoms with van der Waals surface area (Å²) in [5.41, 5.74) is 1.64. The van der Waals surface area contributed by atoms with Gasteiger partial charge >= 0.3 is 0 Å². The fraction of sp³-hybridized carbons (Fsp3) is 0.286. The molecule has 8 nitrogen and oxygen atoms in total. The molecule has 0 unspecified atom stereocenters. The molecule has 1 saturated heterocycles. The Bertz CT molecular complexity index is 1220. The first-order valence-corrected chi connectivity index (χ1v) is 12.2. The summed E-state index contributed by atoms with van der Waals surface area (Å²) in [5, 5.41) is 9.21. The van der Waals surface area contributed by atoms with E-state index in [9.17, 15) is 18.0 Å². The minimum Gasteiger partial charge on any atom is -0.326 e. The van der Waals surface area contributed by atoms with Crippen LogP contribution in [-0.4, -0.2) is 41.9 Å². The molecular formula is C21H22N4O4S2. The molecule has 3 aromatic rings. The number of aromatic nitrogens is 2. The first kappa shape index (κ1) is 21.4. The van der Waals surface area contributed by atoms with E-state index in [2.05, 4.69) is 15.5 Å². The fourth-order valence-corrected chi connectivity index (χ4v) is 6.48. The number of nitrogens with zero attached hydrogens (tertiary/aromatic N) is 2. The molecule has 31 heavy (non-hydrogen) atoms. The third-order valence-electron chi connectivity index (χ3n) is 5.00. The zero-order valence-corrected chi connectivity index (χ0v) is 18.3. The number of rotatable bonds is 6. The number of benzene rings is 1. The second-order valence-corrected chi connectivity index (χ2v) is 10.6. The number of hydrogen-bond acceptors (Lipinski definition) is 6. The van der Waals surface area contributed by atoms with Crippen LogP contribution >= 0.6 is 11.3 Å². The summed E-state index contributed by atoms with van der Waals surface area (Å²) in [4.78, 5) is 24.4. The van der Waals surface area contributed by atoms with Crippen molar-refractivity contribution >= 4 is 33.0 Å². The van der Waals surface area contributed by atoms with Crippen LogP contribution in [0, 0.1) is 0 Å². The number of piperidine rings is 1. The Morgan fingerprint density at radius 3 is 2.65 bits per heavy atom. The molecule has 0 saturated carbocycles. The van der Waals surface area contributed by atoms with Gasteiger partial charge in [0.1, 0.15) is 4.21 Å². The van der Waals surface area contributed by atoms with Gasteiger partial charge in [0.05, 0.1) is 12.1 Å². The summed E-state index contributed by atoms with van der Waals surface area (Å²) < 4.78 is 27.4. The van der Waals surface area contributed by atoms with Crippen molar-refractivity contribution in [2.75, 3.05) is 18.4 Å². The maximum Gasteiger partial charge on any atom is 0.264 e. The predicted octanol–water partition coefficient (Wildman–Crippen LogP) is 2.85. The highest BCUT2D eigenvalue weighted by Crippen LogP contribution is 2.27. The largest absolute Gasteiger partial charge is 0.326 e. The average Bonchev–Trinajstić information content (AvgIpc) is 3.24. The lowest BCUT2D eigenvalue weighted by molar-refractivity contribution is -0.115. The summed E-state index contributed by atoms with van der Waals surface area (Å²) in [7, 11) is -3.49. The number of hydrogen-bond donors (Lipinski definition) is 2. The number of H-pyrrole nitrogens is 1. The van der Waals surface area contributed by atoms with Gasteiger partial charge in [0, 0.05) is 35.3 Å². The van der Waals surface area contributed by atoms with Gasteiger partial charge in [0.15, 0.2) is 0 Å². The lowest BCUT2D eigenvalue weighted by Gasteiger charge is -2.25. The quantitative estimate of drug-likeness (QED) is 0.590. The molecule has 4 rings (SSSR count). The number of anilines is 1. The molecule has 1 aliphatic rings. The van der Waals surface area contributed by atoms with Crippen LogP contribution in [0.3, 0.4) is 0 Å². The van der Waals surface area contributed by atoms with E-state index >= 15 is 0 Å². The molecule has 0 aliphatic carbocycles. The van der Waals surface area contributed by atoms with E-state index in [4.69, 9.17) is 0 Å². The third kappa shape index (κ3) is 5.09. The molecule has 1 fully saturated rings. The Morgan fingerprint density at radius 2 is 1.90 bits per heavy atom. The molecule has 162 valence electrons.